The van der Waals surface area contributed by atoms with Gasteiger partial charge in [-0.05, 0) is 30.3 Å². The van der Waals surface area contributed by atoms with Crippen molar-refractivity contribution in [3.8, 4) is 17.0 Å². The Bertz CT molecular complexity index is 855. The quantitative estimate of drug-likeness (QED) is 0.779. The van der Waals surface area contributed by atoms with E-state index in [4.69, 9.17) is 4.74 Å². The minimum absolute atomic E-state index is 0.269. The molecule has 0 atom stereocenters. The van der Waals surface area contributed by atoms with Crippen molar-refractivity contribution in [2.24, 2.45) is 0 Å². The molecule has 1 amide bonds. The van der Waals surface area contributed by atoms with E-state index in [1.54, 1.807) is 48.5 Å². The van der Waals surface area contributed by atoms with Crippen LogP contribution in [-0.2, 0) is 0 Å². The van der Waals surface area contributed by atoms with Crippen molar-refractivity contribution < 1.29 is 9.53 Å². The number of nitrogens with zero attached hydrogens (tertiary/aromatic N) is 1. The van der Waals surface area contributed by atoms with E-state index in [1.165, 1.54) is 6.07 Å². The molecule has 6 heteroatoms. The number of amides is 1. The molecule has 3 rings (SSSR count). The van der Waals surface area contributed by atoms with E-state index in [0.717, 1.165) is 5.56 Å². The largest absolute Gasteiger partial charge is 0.417 e. The minimum Gasteiger partial charge on any atom is -0.410 e. The predicted molar refractivity (Wildman–Crippen MR) is 86.4 cm³/mol. The van der Waals surface area contributed by atoms with Gasteiger partial charge in [0.1, 0.15) is 5.75 Å². The van der Waals surface area contributed by atoms with Crippen LogP contribution in [0.3, 0.4) is 0 Å². The first-order chi connectivity index (χ1) is 11.2. The van der Waals surface area contributed by atoms with Crippen LogP contribution < -0.4 is 15.6 Å². The Morgan fingerprint density at radius 2 is 1.83 bits per heavy atom. The Kier molecular flexibility index (Phi) is 4.15. The lowest BCUT2D eigenvalue weighted by atomic mass is 10.1. The number of rotatable bonds is 3. The lowest BCUT2D eigenvalue weighted by Gasteiger charge is -2.08. The zero-order chi connectivity index (χ0) is 16.1. The van der Waals surface area contributed by atoms with Crippen LogP contribution in [0.4, 0.5) is 10.5 Å². The average Bonchev–Trinajstić information content (AvgIpc) is 2.56. The molecular weight excluding hydrogens is 294 g/mol. The Morgan fingerprint density at radius 1 is 1.00 bits per heavy atom. The summed E-state index contributed by atoms with van der Waals surface area (Å²) in [6, 6.07) is 18.9. The molecule has 0 aliphatic rings. The summed E-state index contributed by atoms with van der Waals surface area (Å²) in [4.78, 5) is 22.9. The fourth-order valence-corrected chi connectivity index (χ4v) is 2.00. The number of aromatic amines is 1. The monoisotopic (exact) mass is 307 g/mol. The van der Waals surface area contributed by atoms with Crippen molar-refractivity contribution >= 4 is 11.8 Å². The standard InChI is InChI=1S/C17H13N3O3/c21-16-10-9-15(19-20-16)12-5-4-6-13(11-12)18-17(22)23-14-7-2-1-3-8-14/h1-11H,(H,18,22)(H,20,21). The van der Waals surface area contributed by atoms with Gasteiger partial charge in [-0.25, -0.2) is 9.89 Å². The second-order valence-corrected chi connectivity index (χ2v) is 4.71. The van der Waals surface area contributed by atoms with Crippen molar-refractivity contribution in [3.63, 3.8) is 0 Å². The molecule has 0 bridgehead atoms. The van der Waals surface area contributed by atoms with Crippen LogP contribution in [0.15, 0.2) is 71.5 Å². The van der Waals surface area contributed by atoms with Gasteiger partial charge in [0, 0.05) is 17.3 Å². The summed E-state index contributed by atoms with van der Waals surface area (Å²) < 4.78 is 5.17. The third-order valence-corrected chi connectivity index (χ3v) is 3.04. The van der Waals surface area contributed by atoms with E-state index >= 15 is 0 Å². The minimum atomic E-state index is -0.581. The van der Waals surface area contributed by atoms with Crippen LogP contribution >= 0.6 is 0 Å². The lowest BCUT2D eigenvalue weighted by molar-refractivity contribution is 0.215. The molecule has 0 radical (unpaired) electrons. The Hall–Kier alpha value is -3.41. The van der Waals surface area contributed by atoms with Gasteiger partial charge in [0.05, 0.1) is 5.69 Å². The maximum absolute atomic E-state index is 11.9. The molecule has 114 valence electrons. The highest BCUT2D eigenvalue weighted by Gasteiger charge is 2.06. The van der Waals surface area contributed by atoms with Crippen molar-refractivity contribution in [3.05, 3.63) is 77.1 Å². The topological polar surface area (TPSA) is 84.1 Å². The number of benzene rings is 2. The van der Waals surface area contributed by atoms with Crippen LogP contribution in [0.5, 0.6) is 5.75 Å². The van der Waals surface area contributed by atoms with Gasteiger partial charge >= 0.3 is 6.09 Å². The van der Waals surface area contributed by atoms with Crippen LogP contribution in [0, 0.1) is 0 Å². The normalized spacial score (nSPS) is 10.1. The van der Waals surface area contributed by atoms with Crippen LogP contribution in [-0.4, -0.2) is 16.3 Å². The zero-order valence-corrected chi connectivity index (χ0v) is 12.0. The van der Waals surface area contributed by atoms with E-state index in [0.29, 0.717) is 17.1 Å². The number of ether oxygens (including phenoxy) is 1. The number of carbonyl (C=O) groups excluding carboxylic acids is 1. The molecule has 0 saturated carbocycles. The summed E-state index contributed by atoms with van der Waals surface area (Å²) >= 11 is 0. The Labute approximate surface area is 131 Å². The molecule has 2 N–H and O–H groups in total. The van der Waals surface area contributed by atoms with Gasteiger partial charge in [0.15, 0.2) is 0 Å². The first kappa shape index (κ1) is 14.5. The maximum Gasteiger partial charge on any atom is 0.417 e. The first-order valence-electron chi connectivity index (χ1n) is 6.91. The van der Waals surface area contributed by atoms with Crippen LogP contribution in [0.25, 0.3) is 11.3 Å². The molecule has 3 aromatic rings. The third-order valence-electron chi connectivity index (χ3n) is 3.04. The summed E-state index contributed by atoms with van der Waals surface area (Å²) in [5, 5.41) is 8.98. The van der Waals surface area contributed by atoms with Gasteiger partial charge in [-0.1, -0.05) is 30.3 Å². The van der Waals surface area contributed by atoms with Gasteiger partial charge in [-0.3, -0.25) is 10.1 Å². The first-order valence-corrected chi connectivity index (χ1v) is 6.91. The molecule has 23 heavy (non-hydrogen) atoms. The van der Waals surface area contributed by atoms with Crippen LogP contribution in [0.2, 0.25) is 0 Å². The molecular formula is C17H13N3O3. The molecule has 2 aromatic carbocycles. The van der Waals surface area contributed by atoms with Gasteiger partial charge < -0.3 is 4.74 Å². The number of para-hydroxylation sites is 1. The van der Waals surface area contributed by atoms with E-state index < -0.39 is 6.09 Å². The molecule has 0 aliphatic carbocycles. The Morgan fingerprint density at radius 3 is 2.57 bits per heavy atom. The van der Waals surface area contributed by atoms with E-state index in [2.05, 4.69) is 15.5 Å². The summed E-state index contributed by atoms with van der Waals surface area (Å²) in [5.41, 5.74) is 1.66. The highest BCUT2D eigenvalue weighted by atomic mass is 16.6. The average molecular weight is 307 g/mol. The number of nitrogens with one attached hydrogen (secondary N) is 2. The maximum atomic E-state index is 11.9. The smallest absolute Gasteiger partial charge is 0.410 e. The van der Waals surface area contributed by atoms with Crippen molar-refractivity contribution in [2.45, 2.75) is 0 Å². The highest BCUT2D eigenvalue weighted by molar-refractivity contribution is 5.87. The van der Waals surface area contributed by atoms with Gasteiger partial charge in [0.25, 0.3) is 5.56 Å². The number of hydrogen-bond donors (Lipinski definition) is 2. The molecule has 0 spiro atoms. The zero-order valence-electron chi connectivity index (χ0n) is 12.0. The second kappa shape index (κ2) is 6.57. The Balaban J connectivity index is 1.73. The molecule has 0 unspecified atom stereocenters. The summed E-state index contributed by atoms with van der Waals surface area (Å²) in [6.45, 7) is 0. The molecule has 0 fully saturated rings. The van der Waals surface area contributed by atoms with Crippen LogP contribution in [0.1, 0.15) is 0 Å². The summed E-state index contributed by atoms with van der Waals surface area (Å²) in [6.07, 6.45) is -0.581. The lowest BCUT2D eigenvalue weighted by Crippen LogP contribution is -2.16. The molecule has 6 nitrogen and oxygen atoms in total. The second-order valence-electron chi connectivity index (χ2n) is 4.71. The SMILES string of the molecule is O=C(Nc1cccc(-c2ccc(=O)[nH]n2)c1)Oc1ccccc1. The van der Waals surface area contributed by atoms with Gasteiger partial charge in [-0.2, -0.15) is 5.10 Å². The van der Waals surface area contributed by atoms with E-state index in [-0.39, 0.29) is 5.56 Å². The predicted octanol–water partition coefficient (Wildman–Crippen LogP) is 3.05. The van der Waals surface area contributed by atoms with Crippen molar-refractivity contribution in [1.29, 1.82) is 0 Å². The van der Waals surface area contributed by atoms with Crippen molar-refractivity contribution in [2.75, 3.05) is 5.32 Å². The van der Waals surface area contributed by atoms with E-state index in [1.807, 2.05) is 12.1 Å². The summed E-state index contributed by atoms with van der Waals surface area (Å²) in [5.74, 6) is 0.462. The molecule has 0 aliphatic heterocycles. The molecule has 1 aromatic heterocycles. The third kappa shape index (κ3) is 3.82. The number of H-pyrrole nitrogens is 1. The van der Waals surface area contributed by atoms with E-state index in [9.17, 15) is 9.59 Å². The summed E-state index contributed by atoms with van der Waals surface area (Å²) in [7, 11) is 0. The van der Waals surface area contributed by atoms with Crippen molar-refractivity contribution in [1.82, 2.24) is 10.2 Å². The fraction of sp³-hybridized carbons (Fsp3) is 0. The van der Waals surface area contributed by atoms with Gasteiger partial charge in [-0.15, -0.1) is 0 Å². The number of aromatic nitrogens is 2. The fourth-order valence-electron chi connectivity index (χ4n) is 2.00. The number of carbonyl (C=O) groups is 1. The molecule has 1 heterocycles. The highest BCUT2D eigenvalue weighted by Crippen LogP contribution is 2.20. The number of hydrogen-bond acceptors (Lipinski definition) is 4. The molecule has 0 saturated heterocycles. The van der Waals surface area contributed by atoms with Gasteiger partial charge in [0.2, 0.25) is 0 Å². The number of anilines is 1.